The van der Waals surface area contributed by atoms with Crippen molar-refractivity contribution >= 4 is 16.0 Å². The lowest BCUT2D eigenvalue weighted by molar-refractivity contribution is -0.0440. The van der Waals surface area contributed by atoms with Crippen LogP contribution in [0.25, 0.3) is 0 Å². The number of ether oxygens (including phenoxy) is 2. The molecule has 2 atom stereocenters. The first-order chi connectivity index (χ1) is 12.9. The van der Waals surface area contributed by atoms with Crippen LogP contribution in [0.4, 0.5) is 0 Å². The second kappa shape index (κ2) is 8.71. The van der Waals surface area contributed by atoms with Gasteiger partial charge in [-0.15, -0.1) is 0 Å². The molecule has 7 heteroatoms. The molecule has 0 spiro atoms. The maximum absolute atomic E-state index is 12.8. The fraction of sp³-hybridized carbons (Fsp3) is 0.650. The Bertz CT molecular complexity index is 730. The summed E-state index contributed by atoms with van der Waals surface area (Å²) >= 11 is 0. The van der Waals surface area contributed by atoms with E-state index >= 15 is 0 Å². The summed E-state index contributed by atoms with van der Waals surface area (Å²) in [5.74, 6) is 0.0609. The predicted molar refractivity (Wildman–Crippen MR) is 102 cm³/mol. The van der Waals surface area contributed by atoms with Gasteiger partial charge in [-0.25, -0.2) is 13.2 Å². The molecule has 0 radical (unpaired) electrons. The normalized spacial score (nSPS) is 25.3. The van der Waals surface area contributed by atoms with E-state index in [-0.39, 0.29) is 17.1 Å². The number of nitrogens with zero attached hydrogens (tertiary/aromatic N) is 1. The maximum Gasteiger partial charge on any atom is 0.338 e. The highest BCUT2D eigenvalue weighted by Gasteiger charge is 2.32. The molecule has 2 fully saturated rings. The minimum Gasteiger partial charge on any atom is -0.462 e. The van der Waals surface area contributed by atoms with Gasteiger partial charge in [-0.1, -0.05) is 19.3 Å². The van der Waals surface area contributed by atoms with Crippen molar-refractivity contribution in [3.05, 3.63) is 29.8 Å². The number of rotatable bonds is 5. The largest absolute Gasteiger partial charge is 0.462 e. The summed E-state index contributed by atoms with van der Waals surface area (Å²) in [7, 11) is -3.60. The molecular weight excluding hydrogens is 366 g/mol. The minimum absolute atomic E-state index is 0.141. The van der Waals surface area contributed by atoms with Crippen molar-refractivity contribution in [2.75, 3.05) is 19.7 Å². The lowest BCUT2D eigenvalue weighted by atomic mass is 9.90. The first-order valence-electron chi connectivity index (χ1n) is 9.79. The number of morpholine rings is 1. The highest BCUT2D eigenvalue weighted by molar-refractivity contribution is 7.89. The van der Waals surface area contributed by atoms with Crippen LogP contribution in [0.5, 0.6) is 0 Å². The third-order valence-electron chi connectivity index (χ3n) is 5.29. The number of sulfonamides is 1. The van der Waals surface area contributed by atoms with Gasteiger partial charge in [-0.2, -0.15) is 4.31 Å². The Balaban J connectivity index is 1.62. The summed E-state index contributed by atoms with van der Waals surface area (Å²) < 4.78 is 38.2. The van der Waals surface area contributed by atoms with E-state index in [0.29, 0.717) is 31.2 Å². The molecule has 27 heavy (non-hydrogen) atoms. The van der Waals surface area contributed by atoms with Crippen LogP contribution in [0.15, 0.2) is 29.2 Å². The van der Waals surface area contributed by atoms with Crippen molar-refractivity contribution in [2.24, 2.45) is 5.92 Å². The van der Waals surface area contributed by atoms with E-state index in [9.17, 15) is 13.2 Å². The average Bonchev–Trinajstić information content (AvgIpc) is 2.66. The lowest BCUT2D eigenvalue weighted by Gasteiger charge is -2.34. The standard InChI is InChI=1S/C20H29NO5S/c1-15-12-21(13-16(2)26-15)27(23,24)19-10-8-18(9-11-19)20(22)25-14-17-6-4-3-5-7-17/h8-11,15-17H,3-7,12-14H2,1-2H3/t15-,16-/m0/s1. The van der Waals surface area contributed by atoms with Gasteiger partial charge in [-0.3, -0.25) is 0 Å². The van der Waals surface area contributed by atoms with E-state index in [1.807, 2.05) is 13.8 Å². The second-order valence-electron chi connectivity index (χ2n) is 7.71. The number of benzene rings is 1. The maximum atomic E-state index is 12.8. The van der Waals surface area contributed by atoms with Crippen LogP contribution in [-0.2, 0) is 19.5 Å². The summed E-state index contributed by atoms with van der Waals surface area (Å²) in [6, 6.07) is 6.03. The zero-order chi connectivity index (χ0) is 19.4. The summed E-state index contributed by atoms with van der Waals surface area (Å²) in [6.45, 7) is 4.84. The van der Waals surface area contributed by atoms with E-state index in [0.717, 1.165) is 12.8 Å². The van der Waals surface area contributed by atoms with Crippen LogP contribution in [0, 0.1) is 5.92 Å². The van der Waals surface area contributed by atoms with Crippen molar-refractivity contribution < 1.29 is 22.7 Å². The van der Waals surface area contributed by atoms with Gasteiger partial charge in [0.15, 0.2) is 0 Å². The fourth-order valence-corrected chi connectivity index (χ4v) is 5.46. The van der Waals surface area contributed by atoms with Gasteiger partial charge in [0.25, 0.3) is 0 Å². The molecular formula is C20H29NO5S. The van der Waals surface area contributed by atoms with Crippen molar-refractivity contribution in [3.8, 4) is 0 Å². The molecule has 150 valence electrons. The number of hydrogen-bond donors (Lipinski definition) is 0. The molecule has 0 N–H and O–H groups in total. The molecule has 0 bridgehead atoms. The van der Waals surface area contributed by atoms with Crippen LogP contribution < -0.4 is 0 Å². The highest BCUT2D eigenvalue weighted by atomic mass is 32.2. The first-order valence-corrected chi connectivity index (χ1v) is 11.2. The van der Waals surface area contributed by atoms with Crippen LogP contribution in [0.1, 0.15) is 56.3 Å². The molecule has 0 amide bonds. The van der Waals surface area contributed by atoms with Crippen molar-refractivity contribution in [3.63, 3.8) is 0 Å². The molecule has 1 aliphatic heterocycles. The summed E-state index contributed by atoms with van der Waals surface area (Å²) in [4.78, 5) is 12.4. The molecule has 1 aromatic rings. The number of carbonyl (C=O) groups is 1. The summed E-state index contributed by atoms with van der Waals surface area (Å²) in [5.41, 5.74) is 0.383. The lowest BCUT2D eigenvalue weighted by Crippen LogP contribution is -2.48. The molecule has 1 aliphatic carbocycles. The molecule has 1 aromatic carbocycles. The van der Waals surface area contributed by atoms with Gasteiger partial charge in [-0.05, 0) is 56.9 Å². The Morgan fingerprint density at radius 1 is 1.07 bits per heavy atom. The molecule has 0 unspecified atom stereocenters. The van der Waals surface area contributed by atoms with Gasteiger partial charge in [0.2, 0.25) is 10.0 Å². The van der Waals surface area contributed by atoms with Gasteiger partial charge < -0.3 is 9.47 Å². The molecule has 1 saturated heterocycles. The van der Waals surface area contributed by atoms with Crippen molar-refractivity contribution in [1.82, 2.24) is 4.31 Å². The van der Waals surface area contributed by atoms with E-state index in [2.05, 4.69) is 0 Å². The summed E-state index contributed by atoms with van der Waals surface area (Å²) in [5, 5.41) is 0. The Morgan fingerprint density at radius 2 is 1.67 bits per heavy atom. The van der Waals surface area contributed by atoms with E-state index in [1.165, 1.54) is 47.8 Å². The van der Waals surface area contributed by atoms with E-state index < -0.39 is 16.0 Å². The Morgan fingerprint density at radius 3 is 2.26 bits per heavy atom. The molecule has 1 heterocycles. The van der Waals surface area contributed by atoms with Crippen molar-refractivity contribution in [2.45, 2.75) is 63.1 Å². The van der Waals surface area contributed by atoms with Crippen LogP contribution >= 0.6 is 0 Å². The summed E-state index contributed by atoms with van der Waals surface area (Å²) in [6.07, 6.45) is 5.61. The van der Waals surface area contributed by atoms with Crippen LogP contribution in [0.3, 0.4) is 0 Å². The second-order valence-corrected chi connectivity index (χ2v) is 9.64. The van der Waals surface area contributed by atoms with Gasteiger partial charge in [0, 0.05) is 13.1 Å². The SMILES string of the molecule is C[C@H]1CN(S(=O)(=O)c2ccc(C(=O)OCC3CCCCC3)cc2)C[C@H](C)O1. The number of carbonyl (C=O) groups excluding carboxylic acids is 1. The number of hydrogen-bond acceptors (Lipinski definition) is 5. The van der Waals surface area contributed by atoms with E-state index in [1.54, 1.807) is 0 Å². The Kier molecular flexibility index (Phi) is 6.55. The van der Waals surface area contributed by atoms with Crippen LogP contribution in [0.2, 0.25) is 0 Å². The van der Waals surface area contributed by atoms with Gasteiger partial charge in [0.1, 0.15) is 0 Å². The quantitative estimate of drug-likeness (QED) is 0.716. The zero-order valence-electron chi connectivity index (χ0n) is 16.1. The number of esters is 1. The van der Waals surface area contributed by atoms with Gasteiger partial charge in [0.05, 0.1) is 29.3 Å². The molecule has 0 aromatic heterocycles. The average molecular weight is 396 g/mol. The zero-order valence-corrected chi connectivity index (χ0v) is 16.9. The van der Waals surface area contributed by atoms with Crippen molar-refractivity contribution in [1.29, 1.82) is 0 Å². The molecule has 6 nitrogen and oxygen atoms in total. The predicted octanol–water partition coefficient (Wildman–Crippen LogP) is 3.22. The molecule has 1 saturated carbocycles. The topological polar surface area (TPSA) is 72.9 Å². The monoisotopic (exact) mass is 395 g/mol. The van der Waals surface area contributed by atoms with Gasteiger partial charge >= 0.3 is 5.97 Å². The third kappa shape index (κ3) is 5.09. The van der Waals surface area contributed by atoms with Crippen LogP contribution in [-0.4, -0.2) is 50.6 Å². The highest BCUT2D eigenvalue weighted by Crippen LogP contribution is 2.25. The Hall–Kier alpha value is -1.44. The molecule has 3 rings (SSSR count). The minimum atomic E-state index is -3.60. The molecule has 2 aliphatic rings. The first kappa shape index (κ1) is 20.3. The smallest absolute Gasteiger partial charge is 0.338 e. The van der Waals surface area contributed by atoms with E-state index in [4.69, 9.17) is 9.47 Å². The fourth-order valence-electron chi connectivity index (χ4n) is 3.87. The third-order valence-corrected chi connectivity index (χ3v) is 7.13. The Labute approximate surface area is 161 Å².